The lowest BCUT2D eigenvalue weighted by molar-refractivity contribution is 0.105. The first kappa shape index (κ1) is 12.6. The molecular weight excluding hydrogens is 299 g/mol. The van der Waals surface area contributed by atoms with E-state index in [2.05, 4.69) is 49.9 Å². The zero-order valence-corrected chi connectivity index (χ0v) is 11.7. The molecule has 0 atom stereocenters. The topological polar surface area (TPSA) is 9.23 Å². The average molecular weight is 316 g/mol. The van der Waals surface area contributed by atoms with Gasteiger partial charge in [-0.25, -0.2) is 0 Å². The highest BCUT2D eigenvalue weighted by molar-refractivity contribution is 14.1. The molecular formula is C13H17IO. The van der Waals surface area contributed by atoms with E-state index in [0.29, 0.717) is 0 Å². The third-order valence-electron chi connectivity index (χ3n) is 2.41. The Kier molecular flexibility index (Phi) is 4.20. The minimum atomic E-state index is -0.0944. The highest BCUT2D eigenvalue weighted by atomic mass is 127. The molecule has 0 radical (unpaired) electrons. The summed E-state index contributed by atoms with van der Waals surface area (Å²) in [4.78, 5) is 0. The summed E-state index contributed by atoms with van der Waals surface area (Å²) < 4.78 is 6.90. The Labute approximate surface area is 106 Å². The van der Waals surface area contributed by atoms with Gasteiger partial charge >= 0.3 is 0 Å². The standard InChI is InChI=1S/C13H17IO/c1-5-13(3,4)15-12-8-6-11(7-9-12)10(2)14/h6-9H,2,5H2,1,3-4H3. The largest absolute Gasteiger partial charge is 0.488 e. The van der Waals surface area contributed by atoms with Gasteiger partial charge in [0.25, 0.3) is 0 Å². The number of hydrogen-bond donors (Lipinski definition) is 0. The molecule has 0 amide bonds. The summed E-state index contributed by atoms with van der Waals surface area (Å²) in [6, 6.07) is 8.07. The first-order valence-electron chi connectivity index (χ1n) is 5.08. The van der Waals surface area contributed by atoms with Crippen LogP contribution < -0.4 is 4.74 Å². The summed E-state index contributed by atoms with van der Waals surface area (Å²) in [5.41, 5.74) is 1.06. The van der Waals surface area contributed by atoms with E-state index >= 15 is 0 Å². The third kappa shape index (κ3) is 3.86. The van der Waals surface area contributed by atoms with E-state index in [1.54, 1.807) is 0 Å². The molecule has 1 nitrogen and oxygen atoms in total. The Morgan fingerprint density at radius 2 is 1.87 bits per heavy atom. The van der Waals surface area contributed by atoms with Crippen molar-refractivity contribution < 1.29 is 4.74 Å². The lowest BCUT2D eigenvalue weighted by Gasteiger charge is -2.24. The number of benzene rings is 1. The molecule has 82 valence electrons. The molecule has 0 spiro atoms. The van der Waals surface area contributed by atoms with E-state index in [9.17, 15) is 0 Å². The summed E-state index contributed by atoms with van der Waals surface area (Å²) >= 11 is 2.22. The molecule has 0 fully saturated rings. The third-order valence-corrected chi connectivity index (χ3v) is 3.04. The highest BCUT2D eigenvalue weighted by Crippen LogP contribution is 2.25. The Balaban J connectivity index is 2.77. The molecule has 2 heteroatoms. The fourth-order valence-corrected chi connectivity index (χ4v) is 1.45. The second-order valence-electron chi connectivity index (χ2n) is 4.14. The molecule has 0 aliphatic heterocycles. The van der Waals surface area contributed by atoms with Crippen LogP contribution in [0.3, 0.4) is 0 Å². The molecule has 1 rings (SSSR count). The van der Waals surface area contributed by atoms with Gasteiger partial charge in [0, 0.05) is 3.58 Å². The molecule has 0 unspecified atom stereocenters. The van der Waals surface area contributed by atoms with Gasteiger partial charge in [0.05, 0.1) is 0 Å². The minimum absolute atomic E-state index is 0.0944. The van der Waals surface area contributed by atoms with Gasteiger partial charge in [-0.05, 0) is 60.6 Å². The molecule has 0 bridgehead atoms. The van der Waals surface area contributed by atoms with Crippen LogP contribution in [-0.2, 0) is 0 Å². The molecule has 0 N–H and O–H groups in total. The zero-order chi connectivity index (χ0) is 11.5. The molecule has 1 aromatic carbocycles. The summed E-state index contributed by atoms with van der Waals surface area (Å²) in [6.45, 7) is 10.2. The van der Waals surface area contributed by atoms with Gasteiger partial charge in [-0.3, -0.25) is 0 Å². The van der Waals surface area contributed by atoms with Crippen molar-refractivity contribution in [2.75, 3.05) is 0 Å². The zero-order valence-electron chi connectivity index (χ0n) is 9.51. The molecule has 15 heavy (non-hydrogen) atoms. The predicted octanol–water partition coefficient (Wildman–Crippen LogP) is 4.66. The van der Waals surface area contributed by atoms with Crippen molar-refractivity contribution in [2.24, 2.45) is 0 Å². The summed E-state index contributed by atoms with van der Waals surface area (Å²) in [5, 5.41) is 0. The SMILES string of the molecule is C=C(I)c1ccc(OC(C)(C)CC)cc1. The molecule has 0 saturated heterocycles. The lowest BCUT2D eigenvalue weighted by Crippen LogP contribution is -2.26. The van der Waals surface area contributed by atoms with Crippen molar-refractivity contribution >= 4 is 26.2 Å². The van der Waals surface area contributed by atoms with E-state index in [0.717, 1.165) is 21.3 Å². The number of hydrogen-bond acceptors (Lipinski definition) is 1. The average Bonchev–Trinajstić information content (AvgIpc) is 2.18. The van der Waals surface area contributed by atoms with Crippen molar-refractivity contribution in [1.29, 1.82) is 0 Å². The van der Waals surface area contributed by atoms with Crippen LogP contribution in [0.15, 0.2) is 30.8 Å². The molecule has 0 saturated carbocycles. The van der Waals surface area contributed by atoms with Crippen molar-refractivity contribution in [1.82, 2.24) is 0 Å². The molecule has 0 heterocycles. The molecule has 0 aliphatic carbocycles. The van der Waals surface area contributed by atoms with Gasteiger partial charge in [-0.1, -0.05) is 25.6 Å². The van der Waals surface area contributed by atoms with Crippen LogP contribution in [0.1, 0.15) is 32.8 Å². The first-order valence-corrected chi connectivity index (χ1v) is 6.16. The van der Waals surface area contributed by atoms with Crippen LogP contribution in [0, 0.1) is 0 Å². The van der Waals surface area contributed by atoms with Gasteiger partial charge in [0.15, 0.2) is 0 Å². The highest BCUT2D eigenvalue weighted by Gasteiger charge is 2.16. The predicted molar refractivity (Wildman–Crippen MR) is 74.5 cm³/mol. The number of rotatable bonds is 4. The summed E-state index contributed by atoms with van der Waals surface area (Å²) in [6.07, 6.45) is 0.994. The second-order valence-corrected chi connectivity index (χ2v) is 5.45. The number of halogens is 1. The van der Waals surface area contributed by atoms with E-state index < -0.39 is 0 Å². The van der Waals surface area contributed by atoms with Crippen molar-refractivity contribution in [2.45, 2.75) is 32.8 Å². The maximum absolute atomic E-state index is 5.85. The van der Waals surface area contributed by atoms with Crippen LogP contribution in [0.2, 0.25) is 0 Å². The first-order chi connectivity index (χ1) is 6.94. The van der Waals surface area contributed by atoms with Crippen LogP contribution in [0.25, 0.3) is 3.58 Å². The summed E-state index contributed by atoms with van der Waals surface area (Å²) in [7, 11) is 0. The van der Waals surface area contributed by atoms with Crippen molar-refractivity contribution in [3.05, 3.63) is 36.4 Å². The normalized spacial score (nSPS) is 11.2. The Bertz CT molecular complexity index is 338. The second kappa shape index (κ2) is 5.01. The van der Waals surface area contributed by atoms with E-state index in [-0.39, 0.29) is 5.60 Å². The van der Waals surface area contributed by atoms with Crippen molar-refractivity contribution in [3.63, 3.8) is 0 Å². The van der Waals surface area contributed by atoms with E-state index in [1.807, 2.05) is 24.3 Å². The van der Waals surface area contributed by atoms with E-state index in [4.69, 9.17) is 4.74 Å². The minimum Gasteiger partial charge on any atom is -0.488 e. The molecule has 0 aromatic heterocycles. The van der Waals surface area contributed by atoms with Crippen LogP contribution in [-0.4, -0.2) is 5.60 Å². The molecule has 0 aliphatic rings. The Hall–Kier alpha value is -0.510. The fraction of sp³-hybridized carbons (Fsp3) is 0.385. The Morgan fingerprint density at radius 3 is 2.27 bits per heavy atom. The maximum Gasteiger partial charge on any atom is 0.120 e. The van der Waals surface area contributed by atoms with Crippen LogP contribution in [0.4, 0.5) is 0 Å². The van der Waals surface area contributed by atoms with Crippen LogP contribution >= 0.6 is 22.6 Å². The quantitative estimate of drug-likeness (QED) is 0.734. The lowest BCUT2D eigenvalue weighted by atomic mass is 10.1. The van der Waals surface area contributed by atoms with Gasteiger partial charge in [0.1, 0.15) is 11.4 Å². The molecule has 1 aromatic rings. The number of ether oxygens (including phenoxy) is 1. The van der Waals surface area contributed by atoms with Gasteiger partial charge in [-0.2, -0.15) is 0 Å². The van der Waals surface area contributed by atoms with Gasteiger partial charge < -0.3 is 4.74 Å². The Morgan fingerprint density at radius 1 is 1.33 bits per heavy atom. The van der Waals surface area contributed by atoms with Crippen molar-refractivity contribution in [3.8, 4) is 5.75 Å². The van der Waals surface area contributed by atoms with Crippen LogP contribution in [0.5, 0.6) is 5.75 Å². The smallest absolute Gasteiger partial charge is 0.120 e. The van der Waals surface area contributed by atoms with Gasteiger partial charge in [-0.15, -0.1) is 0 Å². The fourth-order valence-electron chi connectivity index (χ4n) is 1.10. The van der Waals surface area contributed by atoms with E-state index in [1.165, 1.54) is 0 Å². The summed E-state index contributed by atoms with van der Waals surface area (Å²) in [5.74, 6) is 0.920. The monoisotopic (exact) mass is 316 g/mol. The maximum atomic E-state index is 5.85. The van der Waals surface area contributed by atoms with Gasteiger partial charge in [0.2, 0.25) is 0 Å².